The van der Waals surface area contributed by atoms with Gasteiger partial charge in [0.15, 0.2) is 5.75 Å². The molecule has 0 spiro atoms. The first-order valence-corrected chi connectivity index (χ1v) is 6.84. The number of nitrogen functional groups attached to an aromatic ring is 1. The van der Waals surface area contributed by atoms with Crippen LogP contribution in [-0.4, -0.2) is 46.6 Å². The van der Waals surface area contributed by atoms with Gasteiger partial charge in [-0.1, -0.05) is 11.6 Å². The third kappa shape index (κ3) is 5.79. The molecule has 0 saturated carbocycles. The summed E-state index contributed by atoms with van der Waals surface area (Å²) in [7, 11) is 2.90. The van der Waals surface area contributed by atoms with Gasteiger partial charge in [0, 0.05) is 25.8 Å². The van der Waals surface area contributed by atoms with Crippen LogP contribution in [0, 0.1) is 0 Å². The molecule has 0 fully saturated rings. The summed E-state index contributed by atoms with van der Waals surface area (Å²) in [6.07, 6.45) is 0.658. The monoisotopic (exact) mass is 317 g/mol. The number of anilines is 1. The number of nitrogens with two attached hydrogens (primary N) is 1. The lowest BCUT2D eigenvalue weighted by Gasteiger charge is -2.13. The topological polar surface area (TPSA) is 80.0 Å². The molecule has 0 aromatic heterocycles. The summed E-state index contributed by atoms with van der Waals surface area (Å²) >= 11 is 6.06. The van der Waals surface area contributed by atoms with E-state index in [1.807, 2.05) is 0 Å². The van der Waals surface area contributed by atoms with Gasteiger partial charge in [-0.3, -0.25) is 0 Å². The highest BCUT2D eigenvalue weighted by atomic mass is 35.5. The van der Waals surface area contributed by atoms with E-state index >= 15 is 0 Å². The maximum absolute atomic E-state index is 11.7. The minimum absolute atomic E-state index is 0.211. The molecule has 0 aliphatic heterocycles. The van der Waals surface area contributed by atoms with Crippen LogP contribution in [0.3, 0.4) is 0 Å². The van der Waals surface area contributed by atoms with Gasteiger partial charge in [0.25, 0.3) is 0 Å². The quantitative estimate of drug-likeness (QED) is 0.427. The van der Waals surface area contributed by atoms with Gasteiger partial charge in [-0.05, 0) is 12.1 Å². The second-order valence-corrected chi connectivity index (χ2v) is 4.59. The van der Waals surface area contributed by atoms with Crippen LogP contribution in [0.25, 0.3) is 0 Å². The third-order valence-corrected chi connectivity index (χ3v) is 2.86. The lowest BCUT2D eigenvalue weighted by atomic mass is 10.2. The molecule has 1 aromatic rings. The Morgan fingerprint density at radius 1 is 1.19 bits per heavy atom. The summed E-state index contributed by atoms with van der Waals surface area (Å²) in [5.41, 5.74) is 6.25. The van der Waals surface area contributed by atoms with Gasteiger partial charge in [-0.25, -0.2) is 4.79 Å². The largest absolute Gasteiger partial charge is 0.491 e. The Hall–Kier alpha value is -1.50. The van der Waals surface area contributed by atoms with Gasteiger partial charge in [0.2, 0.25) is 0 Å². The second-order valence-electron chi connectivity index (χ2n) is 4.18. The molecule has 0 heterocycles. The number of hydrogen-bond acceptors (Lipinski definition) is 6. The van der Waals surface area contributed by atoms with Gasteiger partial charge in [-0.2, -0.15) is 0 Å². The minimum atomic E-state index is -0.546. The van der Waals surface area contributed by atoms with Crippen molar-refractivity contribution in [2.75, 3.05) is 46.4 Å². The lowest BCUT2D eigenvalue weighted by molar-refractivity contribution is 0.0589. The molecular formula is C14H20ClNO5. The van der Waals surface area contributed by atoms with Gasteiger partial charge in [0.1, 0.15) is 5.56 Å². The Labute approximate surface area is 129 Å². The summed E-state index contributed by atoms with van der Waals surface area (Å²) in [5.74, 6) is -0.273. The van der Waals surface area contributed by atoms with E-state index in [1.165, 1.54) is 19.2 Å². The highest BCUT2D eigenvalue weighted by Gasteiger charge is 2.17. The standard InChI is InChI=1S/C14H20ClNO5/c1-18-6-7-20-4-3-5-21-13-11(14(17)19-2)8-10(16)9-12(13)15/h8-9H,3-7,16H2,1-2H3. The number of esters is 1. The van der Waals surface area contributed by atoms with Crippen molar-refractivity contribution in [1.29, 1.82) is 0 Å². The van der Waals surface area contributed by atoms with Crippen LogP contribution in [0.15, 0.2) is 12.1 Å². The van der Waals surface area contributed by atoms with E-state index in [9.17, 15) is 4.79 Å². The van der Waals surface area contributed by atoms with Gasteiger partial charge >= 0.3 is 5.97 Å². The number of halogens is 1. The number of ether oxygens (including phenoxy) is 4. The fourth-order valence-corrected chi connectivity index (χ4v) is 1.88. The van der Waals surface area contributed by atoms with Crippen molar-refractivity contribution in [3.05, 3.63) is 22.7 Å². The fraction of sp³-hybridized carbons (Fsp3) is 0.500. The van der Waals surface area contributed by atoms with Gasteiger partial charge < -0.3 is 24.7 Å². The minimum Gasteiger partial charge on any atom is -0.491 e. The summed E-state index contributed by atoms with van der Waals surface area (Å²) in [4.78, 5) is 11.7. The Morgan fingerprint density at radius 3 is 2.62 bits per heavy atom. The molecule has 0 aliphatic rings. The second kappa shape index (κ2) is 9.44. The number of methoxy groups -OCH3 is 2. The smallest absolute Gasteiger partial charge is 0.341 e. The molecule has 0 saturated heterocycles. The van der Waals surface area contributed by atoms with Crippen LogP contribution < -0.4 is 10.5 Å². The molecule has 2 N–H and O–H groups in total. The highest BCUT2D eigenvalue weighted by molar-refractivity contribution is 6.33. The SMILES string of the molecule is COCCOCCCOc1c(Cl)cc(N)cc1C(=O)OC. The number of benzene rings is 1. The molecule has 1 aromatic carbocycles. The summed E-state index contributed by atoms with van der Waals surface area (Å²) in [6.45, 7) is 1.98. The van der Waals surface area contributed by atoms with Gasteiger partial charge in [0.05, 0.1) is 32.0 Å². The molecule has 0 aliphatic carbocycles. The first-order chi connectivity index (χ1) is 10.1. The molecule has 118 valence electrons. The Bertz CT molecular complexity index is 467. The van der Waals surface area contributed by atoms with Gasteiger partial charge in [-0.15, -0.1) is 0 Å². The first-order valence-electron chi connectivity index (χ1n) is 6.47. The molecule has 0 unspecified atom stereocenters. The van der Waals surface area contributed by atoms with E-state index in [-0.39, 0.29) is 16.3 Å². The molecule has 0 atom stereocenters. The molecule has 0 bridgehead atoms. The zero-order valence-corrected chi connectivity index (χ0v) is 12.9. The molecule has 1 rings (SSSR count). The third-order valence-electron chi connectivity index (χ3n) is 2.58. The number of rotatable bonds is 9. The van der Waals surface area contributed by atoms with Crippen molar-refractivity contribution in [2.45, 2.75) is 6.42 Å². The maximum atomic E-state index is 11.7. The average molecular weight is 318 g/mol. The average Bonchev–Trinajstić information content (AvgIpc) is 2.46. The van der Waals surface area contributed by atoms with E-state index in [0.717, 1.165) is 0 Å². The van der Waals surface area contributed by atoms with Crippen molar-refractivity contribution in [3.63, 3.8) is 0 Å². The summed E-state index contributed by atoms with van der Waals surface area (Å²) in [5, 5.41) is 0.274. The number of carbonyl (C=O) groups is 1. The Balaban J connectivity index is 2.56. The van der Waals surface area contributed by atoms with Crippen molar-refractivity contribution in [3.8, 4) is 5.75 Å². The molecule has 0 radical (unpaired) electrons. The van der Waals surface area contributed by atoms with Crippen LogP contribution in [-0.2, 0) is 14.2 Å². The Kier molecular flexibility index (Phi) is 7.89. The molecular weight excluding hydrogens is 298 g/mol. The predicted octanol–water partition coefficient (Wildman–Crippen LogP) is 2.14. The zero-order chi connectivity index (χ0) is 15.7. The number of carbonyl (C=O) groups excluding carboxylic acids is 1. The Morgan fingerprint density at radius 2 is 1.95 bits per heavy atom. The van der Waals surface area contributed by atoms with Crippen molar-refractivity contribution in [2.24, 2.45) is 0 Å². The van der Waals surface area contributed by atoms with E-state index < -0.39 is 5.97 Å². The van der Waals surface area contributed by atoms with E-state index in [2.05, 4.69) is 4.74 Å². The fourth-order valence-electron chi connectivity index (χ4n) is 1.60. The molecule has 6 nitrogen and oxygen atoms in total. The summed E-state index contributed by atoms with van der Waals surface area (Å²) in [6, 6.07) is 3.00. The highest BCUT2D eigenvalue weighted by Crippen LogP contribution is 2.32. The van der Waals surface area contributed by atoms with Crippen LogP contribution in [0.5, 0.6) is 5.75 Å². The van der Waals surface area contributed by atoms with Crippen LogP contribution in [0.4, 0.5) is 5.69 Å². The first kappa shape index (κ1) is 17.6. The van der Waals surface area contributed by atoms with E-state index in [0.29, 0.717) is 38.5 Å². The molecule has 21 heavy (non-hydrogen) atoms. The van der Waals surface area contributed by atoms with Crippen molar-refractivity contribution in [1.82, 2.24) is 0 Å². The van der Waals surface area contributed by atoms with Crippen molar-refractivity contribution >= 4 is 23.3 Å². The maximum Gasteiger partial charge on any atom is 0.341 e. The number of hydrogen-bond donors (Lipinski definition) is 1. The molecule has 7 heteroatoms. The van der Waals surface area contributed by atoms with E-state index in [1.54, 1.807) is 7.11 Å². The summed E-state index contributed by atoms with van der Waals surface area (Å²) < 4.78 is 20.4. The van der Waals surface area contributed by atoms with Crippen LogP contribution in [0.1, 0.15) is 16.8 Å². The van der Waals surface area contributed by atoms with E-state index in [4.69, 9.17) is 31.5 Å². The molecule has 0 amide bonds. The zero-order valence-electron chi connectivity index (χ0n) is 12.2. The van der Waals surface area contributed by atoms with Crippen LogP contribution in [0.2, 0.25) is 5.02 Å². The predicted molar refractivity (Wildman–Crippen MR) is 80.0 cm³/mol. The normalized spacial score (nSPS) is 10.4. The van der Waals surface area contributed by atoms with Crippen molar-refractivity contribution < 1.29 is 23.7 Å². The lowest BCUT2D eigenvalue weighted by Crippen LogP contribution is -2.10. The van der Waals surface area contributed by atoms with Crippen LogP contribution >= 0.6 is 11.6 Å².